The summed E-state index contributed by atoms with van der Waals surface area (Å²) in [4.78, 5) is 29.9. The number of alkyl halides is 3. The van der Waals surface area contributed by atoms with E-state index in [0.29, 0.717) is 21.6 Å². The molecule has 0 aliphatic carbocycles. The van der Waals surface area contributed by atoms with Crippen molar-refractivity contribution in [2.24, 2.45) is 0 Å². The summed E-state index contributed by atoms with van der Waals surface area (Å²) in [5, 5.41) is 2.97. The zero-order valence-corrected chi connectivity index (χ0v) is 19.7. The molecule has 34 heavy (non-hydrogen) atoms. The molecule has 5 rings (SSSR count). The molecular weight excluding hydrogens is 516 g/mol. The topological polar surface area (TPSA) is 86.8 Å². The smallest absolute Gasteiger partial charge is 0.345 e. The second-order valence-corrected chi connectivity index (χ2v) is 11.6. The number of halogens is 5. The van der Waals surface area contributed by atoms with Crippen molar-refractivity contribution < 1.29 is 25.2 Å². The summed E-state index contributed by atoms with van der Waals surface area (Å²) in [6.07, 6.45) is -0.180. The molecule has 184 valence electrons. The fraction of sp³-hybridized carbons (Fsp3) is 0.400. The van der Waals surface area contributed by atoms with Crippen molar-refractivity contribution in [1.29, 1.82) is 0 Å². The van der Waals surface area contributed by atoms with E-state index in [-0.39, 0.29) is 27.5 Å². The molecule has 0 aromatic carbocycles. The second kappa shape index (κ2) is 8.76. The number of aromatic nitrogens is 4. The maximum Gasteiger partial charge on any atom is 0.405 e. The molecule has 3 aromatic heterocycles. The van der Waals surface area contributed by atoms with Gasteiger partial charge in [0.05, 0.1) is 15.3 Å². The number of carbonyl (C=O) groups excluding carboxylic acids is 1. The van der Waals surface area contributed by atoms with Gasteiger partial charge in [-0.15, -0.1) is 23.5 Å². The number of pyridine rings is 1. The van der Waals surface area contributed by atoms with Gasteiger partial charge in [-0.3, -0.25) is 4.79 Å². The van der Waals surface area contributed by atoms with Gasteiger partial charge in [0.25, 0.3) is 0 Å². The van der Waals surface area contributed by atoms with Crippen LogP contribution in [0, 0.1) is 5.82 Å². The van der Waals surface area contributed by atoms with Crippen LogP contribution in [-0.2, 0) is 4.79 Å². The van der Waals surface area contributed by atoms with Crippen LogP contribution < -0.4 is 10.2 Å². The highest BCUT2D eigenvalue weighted by atomic mass is 35.5. The molecule has 2 aliphatic rings. The number of H-pyrrole nitrogens is 1. The summed E-state index contributed by atoms with van der Waals surface area (Å²) in [7, 11) is 0. The van der Waals surface area contributed by atoms with Gasteiger partial charge in [0, 0.05) is 50.7 Å². The van der Waals surface area contributed by atoms with Gasteiger partial charge in [0.2, 0.25) is 5.91 Å². The SMILES string of the molecule is O=C(NCC(F)(F)F)[C@H]1CC2(CN1c1nc(-c3c[nH]c4ncc(Cl)cc34)ncc1F)SCCS2.[HH].[HH]. The Labute approximate surface area is 207 Å². The number of nitrogens with zero attached hydrogens (tertiary/aromatic N) is 4. The van der Waals surface area contributed by atoms with E-state index in [4.69, 9.17) is 11.6 Å². The van der Waals surface area contributed by atoms with Crippen LogP contribution >= 0.6 is 35.1 Å². The number of amides is 1. The Kier molecular flexibility index (Phi) is 6.05. The lowest BCUT2D eigenvalue weighted by molar-refractivity contribution is -0.139. The highest BCUT2D eigenvalue weighted by molar-refractivity contribution is 8.21. The van der Waals surface area contributed by atoms with Gasteiger partial charge in [-0.25, -0.2) is 19.3 Å². The molecule has 2 aliphatic heterocycles. The van der Waals surface area contributed by atoms with Crippen LogP contribution in [0.3, 0.4) is 0 Å². The second-order valence-electron chi connectivity index (χ2n) is 7.91. The van der Waals surface area contributed by atoms with Crippen molar-refractivity contribution >= 4 is 57.9 Å². The molecule has 0 unspecified atom stereocenters. The lowest BCUT2D eigenvalue weighted by Gasteiger charge is -2.26. The predicted molar refractivity (Wildman–Crippen MR) is 129 cm³/mol. The van der Waals surface area contributed by atoms with Gasteiger partial charge in [-0.1, -0.05) is 11.6 Å². The Bertz CT molecular complexity index is 1260. The van der Waals surface area contributed by atoms with Crippen molar-refractivity contribution in [3.05, 3.63) is 35.5 Å². The highest BCUT2D eigenvalue weighted by Gasteiger charge is 2.51. The third kappa shape index (κ3) is 4.52. The molecule has 7 nitrogen and oxygen atoms in total. The quantitative estimate of drug-likeness (QED) is 0.466. The molecule has 2 saturated heterocycles. The number of fused-ring (bicyclic) bond motifs is 1. The molecule has 0 saturated carbocycles. The van der Waals surface area contributed by atoms with Crippen molar-refractivity contribution in [2.75, 3.05) is 29.5 Å². The van der Waals surface area contributed by atoms with Crippen LogP contribution in [0.2, 0.25) is 5.02 Å². The first kappa shape index (κ1) is 23.5. The lowest BCUT2D eigenvalue weighted by Crippen LogP contribution is -2.46. The first-order valence-electron chi connectivity index (χ1n) is 10.2. The maximum atomic E-state index is 15.0. The van der Waals surface area contributed by atoms with E-state index in [1.165, 1.54) is 11.1 Å². The average Bonchev–Trinajstić information content (AvgIpc) is 3.51. The molecule has 1 atom stereocenters. The fourth-order valence-electron chi connectivity index (χ4n) is 4.16. The van der Waals surface area contributed by atoms with E-state index in [1.54, 1.807) is 35.8 Å². The minimum Gasteiger partial charge on any atom is -0.345 e. The summed E-state index contributed by atoms with van der Waals surface area (Å²) in [6.45, 7) is -1.19. The number of carbonyl (C=O) groups is 1. The van der Waals surface area contributed by atoms with E-state index in [2.05, 4.69) is 19.9 Å². The van der Waals surface area contributed by atoms with Gasteiger partial charge in [-0.2, -0.15) is 13.2 Å². The average molecular weight is 537 g/mol. The summed E-state index contributed by atoms with van der Waals surface area (Å²) in [6, 6.07) is 0.670. The van der Waals surface area contributed by atoms with E-state index in [0.717, 1.165) is 17.7 Å². The van der Waals surface area contributed by atoms with Gasteiger partial charge >= 0.3 is 6.18 Å². The van der Waals surface area contributed by atoms with E-state index in [9.17, 15) is 22.4 Å². The molecule has 3 aromatic rings. The fourth-order valence-corrected chi connectivity index (χ4v) is 7.57. The van der Waals surface area contributed by atoms with Crippen LogP contribution in [0.1, 0.15) is 9.27 Å². The molecule has 0 bridgehead atoms. The first-order valence-corrected chi connectivity index (χ1v) is 12.5. The van der Waals surface area contributed by atoms with Crippen molar-refractivity contribution in [3.8, 4) is 11.4 Å². The Morgan fingerprint density at radius 2 is 2.09 bits per heavy atom. The monoisotopic (exact) mass is 536 g/mol. The minimum atomic E-state index is -4.55. The van der Waals surface area contributed by atoms with Gasteiger partial charge < -0.3 is 15.2 Å². The number of hydrogen-bond donors (Lipinski definition) is 2. The molecule has 1 amide bonds. The number of rotatable bonds is 4. The molecule has 2 N–H and O–H groups in total. The highest BCUT2D eigenvalue weighted by Crippen LogP contribution is 2.52. The number of aromatic amines is 1. The Balaban J connectivity index is 0.00000180. The summed E-state index contributed by atoms with van der Waals surface area (Å²) in [5.74, 6) is 0.148. The van der Waals surface area contributed by atoms with Crippen molar-refractivity contribution in [3.63, 3.8) is 0 Å². The molecule has 5 heterocycles. The van der Waals surface area contributed by atoms with E-state index < -0.39 is 34.6 Å². The summed E-state index contributed by atoms with van der Waals surface area (Å²) >= 11 is 9.33. The van der Waals surface area contributed by atoms with E-state index in [1.807, 2.05) is 5.32 Å². The van der Waals surface area contributed by atoms with Crippen molar-refractivity contribution in [1.82, 2.24) is 25.3 Å². The predicted octanol–water partition coefficient (Wildman–Crippen LogP) is 4.74. The number of nitrogens with one attached hydrogen (secondary N) is 2. The summed E-state index contributed by atoms with van der Waals surface area (Å²) < 4.78 is 52.7. The normalized spacial score (nSPS) is 19.9. The summed E-state index contributed by atoms with van der Waals surface area (Å²) in [5.41, 5.74) is 1.07. The number of hydrogen-bond acceptors (Lipinski definition) is 7. The van der Waals surface area contributed by atoms with Gasteiger partial charge in [0.15, 0.2) is 17.5 Å². The third-order valence-electron chi connectivity index (χ3n) is 5.61. The van der Waals surface area contributed by atoms with E-state index >= 15 is 0 Å². The van der Waals surface area contributed by atoms with Crippen LogP contribution in [0.4, 0.5) is 23.4 Å². The van der Waals surface area contributed by atoms with Crippen LogP contribution in [-0.4, -0.2) is 66.7 Å². The minimum absolute atomic E-state index is 0. The zero-order chi connectivity index (χ0) is 24.1. The first-order chi connectivity index (χ1) is 16.1. The Morgan fingerprint density at radius 1 is 1.32 bits per heavy atom. The number of anilines is 1. The maximum absolute atomic E-state index is 15.0. The Morgan fingerprint density at radius 3 is 2.82 bits per heavy atom. The zero-order valence-electron chi connectivity index (χ0n) is 17.3. The standard InChI is InChI=1S/C20H17ClF4N6OS2.2H2/c21-10-3-11-12(6-27-15(11)26-5-10)16-28-7-13(22)17(30-16)31-9-19(33-1-2-34-19)4-14(31)18(32)29-8-20(23,24)25;;/h3,5-7,14H,1-2,4,8-9H2,(H,26,27)(H,29,32);2*1H/t14-;;/m1../s1. The molecule has 2 fully saturated rings. The Hall–Kier alpha value is -2.25. The van der Waals surface area contributed by atoms with Crippen LogP contribution in [0.15, 0.2) is 24.7 Å². The molecule has 1 spiro atoms. The van der Waals surface area contributed by atoms with Gasteiger partial charge in [-0.05, 0) is 6.07 Å². The van der Waals surface area contributed by atoms with Crippen LogP contribution in [0.5, 0.6) is 0 Å². The third-order valence-corrected chi connectivity index (χ3v) is 9.24. The largest absolute Gasteiger partial charge is 0.405 e. The molecule has 0 radical (unpaired) electrons. The number of thioether (sulfide) groups is 2. The van der Waals surface area contributed by atoms with Crippen molar-refractivity contribution in [2.45, 2.75) is 22.7 Å². The lowest BCUT2D eigenvalue weighted by atomic mass is 10.2. The molecular formula is C20H21ClF4N6OS2. The molecule has 14 heteroatoms. The van der Waals surface area contributed by atoms with Crippen LogP contribution in [0.25, 0.3) is 22.4 Å². The van der Waals surface area contributed by atoms with Gasteiger partial charge in [0.1, 0.15) is 18.2 Å².